The van der Waals surface area contributed by atoms with E-state index in [2.05, 4.69) is 9.97 Å². The highest BCUT2D eigenvalue weighted by Crippen LogP contribution is 2.22. The second-order valence-corrected chi connectivity index (χ2v) is 5.35. The average Bonchev–Trinajstić information content (AvgIpc) is 3.08. The van der Waals surface area contributed by atoms with Gasteiger partial charge in [-0.1, -0.05) is 30.3 Å². The van der Waals surface area contributed by atoms with Gasteiger partial charge < -0.3 is 9.72 Å². The van der Waals surface area contributed by atoms with E-state index >= 15 is 0 Å². The monoisotopic (exact) mass is 306 g/mol. The summed E-state index contributed by atoms with van der Waals surface area (Å²) >= 11 is 0. The number of ketones is 1. The van der Waals surface area contributed by atoms with Gasteiger partial charge in [0.15, 0.2) is 0 Å². The van der Waals surface area contributed by atoms with Gasteiger partial charge in [0, 0.05) is 24.7 Å². The van der Waals surface area contributed by atoms with E-state index in [0.717, 1.165) is 22.8 Å². The van der Waals surface area contributed by atoms with E-state index < -0.39 is 0 Å². The number of ether oxygens (including phenoxy) is 1. The Bertz CT molecular complexity index is 752. The Morgan fingerprint density at radius 2 is 1.87 bits per heavy atom. The molecule has 116 valence electrons. The highest BCUT2D eigenvalue weighted by atomic mass is 16.5. The van der Waals surface area contributed by atoms with Crippen molar-refractivity contribution in [1.29, 1.82) is 0 Å². The highest BCUT2D eigenvalue weighted by Gasteiger charge is 2.06. The summed E-state index contributed by atoms with van der Waals surface area (Å²) < 4.78 is 5.79. The molecule has 1 N–H and O–H groups in total. The Morgan fingerprint density at radius 1 is 1.04 bits per heavy atom. The fraction of sp³-hybridized carbons (Fsp3) is 0.158. The van der Waals surface area contributed by atoms with Crippen LogP contribution >= 0.6 is 0 Å². The molecule has 0 saturated carbocycles. The summed E-state index contributed by atoms with van der Waals surface area (Å²) in [4.78, 5) is 19.1. The van der Waals surface area contributed by atoms with Crippen molar-refractivity contribution < 1.29 is 9.53 Å². The first-order chi connectivity index (χ1) is 11.3. The molecule has 1 aromatic heterocycles. The number of rotatable bonds is 7. The molecule has 0 aliphatic carbocycles. The first kappa shape index (κ1) is 15.0. The van der Waals surface area contributed by atoms with Gasteiger partial charge in [0.2, 0.25) is 0 Å². The fourth-order valence-electron chi connectivity index (χ4n) is 2.36. The maximum Gasteiger partial charge on any atom is 0.137 e. The summed E-state index contributed by atoms with van der Waals surface area (Å²) in [6.07, 6.45) is 5.00. The van der Waals surface area contributed by atoms with Crippen molar-refractivity contribution in [2.24, 2.45) is 0 Å². The summed E-state index contributed by atoms with van der Waals surface area (Å²) in [7, 11) is 0. The van der Waals surface area contributed by atoms with Gasteiger partial charge in [0.25, 0.3) is 0 Å². The van der Waals surface area contributed by atoms with Gasteiger partial charge in [-0.25, -0.2) is 4.98 Å². The van der Waals surface area contributed by atoms with Crippen molar-refractivity contribution in [3.8, 4) is 11.5 Å². The van der Waals surface area contributed by atoms with Crippen LogP contribution in [0.25, 0.3) is 0 Å². The summed E-state index contributed by atoms with van der Waals surface area (Å²) in [6, 6.07) is 17.3. The molecule has 0 radical (unpaired) electrons. The molecule has 0 fully saturated rings. The zero-order chi connectivity index (χ0) is 15.9. The third kappa shape index (κ3) is 4.54. The number of hydrogen-bond acceptors (Lipinski definition) is 3. The number of hydrogen-bond donors (Lipinski definition) is 1. The summed E-state index contributed by atoms with van der Waals surface area (Å²) in [5, 5.41) is 0. The van der Waals surface area contributed by atoms with E-state index in [0.29, 0.717) is 19.3 Å². The van der Waals surface area contributed by atoms with Crippen molar-refractivity contribution in [2.75, 3.05) is 0 Å². The highest BCUT2D eigenvalue weighted by molar-refractivity contribution is 5.81. The van der Waals surface area contributed by atoms with Crippen LogP contribution in [0.1, 0.15) is 17.7 Å². The predicted octanol–water partition coefficient (Wildman–Crippen LogP) is 3.95. The minimum atomic E-state index is 0.205. The molecule has 3 rings (SSSR count). The van der Waals surface area contributed by atoms with Crippen molar-refractivity contribution in [1.82, 2.24) is 9.97 Å². The SMILES string of the molecule is O=C(CCc1cnc[nH]1)Cc1cccc(Oc2ccccc2)c1. The van der Waals surface area contributed by atoms with Crippen LogP contribution in [0.4, 0.5) is 0 Å². The van der Waals surface area contributed by atoms with Crippen molar-refractivity contribution in [2.45, 2.75) is 19.3 Å². The normalized spacial score (nSPS) is 10.4. The summed E-state index contributed by atoms with van der Waals surface area (Å²) in [5.41, 5.74) is 1.95. The predicted molar refractivity (Wildman–Crippen MR) is 88.6 cm³/mol. The Hall–Kier alpha value is -2.88. The number of Topliss-reactive ketones (excluding diaryl/α,β-unsaturated/α-hetero) is 1. The second kappa shape index (κ2) is 7.40. The summed E-state index contributed by atoms with van der Waals surface area (Å²) in [5.74, 6) is 1.74. The van der Waals surface area contributed by atoms with Crippen LogP contribution in [-0.4, -0.2) is 15.8 Å². The molecule has 0 spiro atoms. The average molecular weight is 306 g/mol. The molecule has 0 aliphatic rings. The van der Waals surface area contributed by atoms with Gasteiger partial charge in [-0.05, 0) is 36.2 Å². The number of nitrogens with zero attached hydrogens (tertiary/aromatic N) is 1. The number of aromatic amines is 1. The largest absolute Gasteiger partial charge is 0.457 e. The number of nitrogens with one attached hydrogen (secondary N) is 1. The topological polar surface area (TPSA) is 55.0 Å². The molecular weight excluding hydrogens is 288 g/mol. The Labute approximate surface area is 135 Å². The molecule has 4 heteroatoms. The van der Waals surface area contributed by atoms with Crippen LogP contribution in [0.2, 0.25) is 0 Å². The Kier molecular flexibility index (Phi) is 4.84. The van der Waals surface area contributed by atoms with Gasteiger partial charge in [0.1, 0.15) is 17.3 Å². The zero-order valence-corrected chi connectivity index (χ0v) is 12.7. The molecule has 0 aliphatic heterocycles. The van der Waals surface area contributed by atoms with E-state index in [9.17, 15) is 4.79 Å². The van der Waals surface area contributed by atoms with Gasteiger partial charge in [-0.3, -0.25) is 4.79 Å². The van der Waals surface area contributed by atoms with E-state index in [-0.39, 0.29) is 5.78 Å². The third-order valence-corrected chi connectivity index (χ3v) is 3.51. The lowest BCUT2D eigenvalue weighted by molar-refractivity contribution is -0.118. The fourth-order valence-corrected chi connectivity index (χ4v) is 2.36. The number of carbonyl (C=O) groups excluding carboxylic acids is 1. The lowest BCUT2D eigenvalue weighted by atomic mass is 10.0. The number of imidazole rings is 1. The van der Waals surface area contributed by atoms with Crippen molar-refractivity contribution in [3.63, 3.8) is 0 Å². The van der Waals surface area contributed by atoms with Crippen LogP contribution in [0, 0.1) is 0 Å². The van der Waals surface area contributed by atoms with Crippen LogP contribution in [-0.2, 0) is 17.6 Å². The number of carbonyl (C=O) groups is 1. The molecule has 23 heavy (non-hydrogen) atoms. The molecule has 0 bridgehead atoms. The number of H-pyrrole nitrogens is 1. The number of aryl methyl sites for hydroxylation is 1. The molecule has 0 amide bonds. The van der Waals surface area contributed by atoms with Gasteiger partial charge in [-0.2, -0.15) is 0 Å². The Balaban J connectivity index is 1.57. The second-order valence-electron chi connectivity index (χ2n) is 5.35. The van der Waals surface area contributed by atoms with E-state index in [1.165, 1.54) is 0 Å². The summed E-state index contributed by atoms with van der Waals surface area (Å²) in [6.45, 7) is 0. The minimum absolute atomic E-state index is 0.205. The maximum absolute atomic E-state index is 12.1. The molecule has 0 atom stereocenters. The lowest BCUT2D eigenvalue weighted by Gasteiger charge is -2.07. The van der Waals surface area contributed by atoms with E-state index in [1.54, 1.807) is 12.5 Å². The van der Waals surface area contributed by atoms with E-state index in [1.807, 2.05) is 54.6 Å². The third-order valence-electron chi connectivity index (χ3n) is 3.51. The molecular formula is C19H18N2O2. The molecule has 3 aromatic rings. The first-order valence-electron chi connectivity index (χ1n) is 7.60. The molecule has 2 aromatic carbocycles. The van der Waals surface area contributed by atoms with Gasteiger partial charge >= 0.3 is 0 Å². The van der Waals surface area contributed by atoms with Crippen molar-refractivity contribution >= 4 is 5.78 Å². The van der Waals surface area contributed by atoms with Crippen LogP contribution in [0.5, 0.6) is 11.5 Å². The number of benzene rings is 2. The van der Waals surface area contributed by atoms with Crippen LogP contribution in [0.15, 0.2) is 67.1 Å². The van der Waals surface area contributed by atoms with E-state index in [4.69, 9.17) is 4.74 Å². The van der Waals surface area contributed by atoms with Crippen molar-refractivity contribution in [3.05, 3.63) is 78.4 Å². The van der Waals surface area contributed by atoms with Crippen LogP contribution in [0.3, 0.4) is 0 Å². The first-order valence-corrected chi connectivity index (χ1v) is 7.60. The smallest absolute Gasteiger partial charge is 0.137 e. The zero-order valence-electron chi connectivity index (χ0n) is 12.7. The maximum atomic E-state index is 12.1. The molecule has 4 nitrogen and oxygen atoms in total. The number of aromatic nitrogens is 2. The lowest BCUT2D eigenvalue weighted by Crippen LogP contribution is -2.04. The minimum Gasteiger partial charge on any atom is -0.457 e. The molecule has 0 unspecified atom stereocenters. The van der Waals surface area contributed by atoms with Crippen LogP contribution < -0.4 is 4.74 Å². The van der Waals surface area contributed by atoms with Gasteiger partial charge in [0.05, 0.1) is 6.33 Å². The standard InChI is InChI=1S/C19H18N2O2/c22-17(10-9-16-13-20-14-21-16)11-15-5-4-8-19(12-15)23-18-6-2-1-3-7-18/h1-8,12-14H,9-11H2,(H,20,21). The quantitative estimate of drug-likeness (QED) is 0.719. The van der Waals surface area contributed by atoms with Gasteiger partial charge in [-0.15, -0.1) is 0 Å². The number of para-hydroxylation sites is 1. The molecule has 1 heterocycles. The Morgan fingerprint density at radius 3 is 2.65 bits per heavy atom. The molecule has 0 saturated heterocycles.